The number of piperazine rings is 1. The van der Waals surface area contributed by atoms with E-state index in [1.165, 1.54) is 5.56 Å². The van der Waals surface area contributed by atoms with Gasteiger partial charge in [-0.1, -0.05) is 30.3 Å². The van der Waals surface area contributed by atoms with Gasteiger partial charge >= 0.3 is 6.09 Å². The summed E-state index contributed by atoms with van der Waals surface area (Å²) in [5, 5.41) is 3.43. The van der Waals surface area contributed by atoms with Crippen LogP contribution in [0.15, 0.2) is 47.7 Å². The van der Waals surface area contributed by atoms with Crippen molar-refractivity contribution in [2.24, 2.45) is 4.99 Å². The molecule has 2 heterocycles. The largest absolute Gasteiger partial charge is 0.450 e. The third-order valence-corrected chi connectivity index (χ3v) is 4.95. The minimum Gasteiger partial charge on any atom is -0.450 e. The minimum atomic E-state index is -0.236. The molecule has 0 spiro atoms. The van der Waals surface area contributed by atoms with Crippen molar-refractivity contribution in [3.63, 3.8) is 0 Å². The molecule has 8 nitrogen and oxygen atoms in total. The Morgan fingerprint density at radius 3 is 2.59 bits per heavy atom. The lowest BCUT2D eigenvalue weighted by atomic mass is 10.2. The summed E-state index contributed by atoms with van der Waals surface area (Å²) >= 11 is 0. The number of nitrogens with one attached hydrogen (secondary N) is 1. The number of hydrogen-bond acceptors (Lipinski definition) is 4. The molecule has 0 bridgehead atoms. The molecule has 0 atom stereocenters. The van der Waals surface area contributed by atoms with Gasteiger partial charge in [0.2, 0.25) is 0 Å². The van der Waals surface area contributed by atoms with Gasteiger partial charge in [-0.05, 0) is 12.5 Å². The summed E-state index contributed by atoms with van der Waals surface area (Å²) in [4.78, 5) is 24.7. The number of imidazole rings is 1. The molecule has 3 rings (SSSR count). The SMILES string of the molecule is CCOC(=O)N1CCN(C(=NC)NCCc2nccn2Cc2ccccc2)CC1. The number of amides is 1. The highest BCUT2D eigenvalue weighted by molar-refractivity contribution is 5.80. The van der Waals surface area contributed by atoms with Crippen LogP contribution in [0.2, 0.25) is 0 Å². The van der Waals surface area contributed by atoms with Crippen LogP contribution < -0.4 is 5.32 Å². The monoisotopic (exact) mass is 398 g/mol. The third kappa shape index (κ3) is 5.73. The molecule has 1 aliphatic rings. The van der Waals surface area contributed by atoms with E-state index in [1.54, 1.807) is 11.9 Å². The van der Waals surface area contributed by atoms with Crippen molar-refractivity contribution in [1.29, 1.82) is 0 Å². The molecule has 1 aromatic carbocycles. The summed E-state index contributed by atoms with van der Waals surface area (Å²) < 4.78 is 7.26. The molecule has 0 unspecified atom stereocenters. The van der Waals surface area contributed by atoms with E-state index in [-0.39, 0.29) is 6.09 Å². The highest BCUT2D eigenvalue weighted by atomic mass is 16.6. The van der Waals surface area contributed by atoms with Gasteiger partial charge in [0.05, 0.1) is 6.61 Å². The highest BCUT2D eigenvalue weighted by Crippen LogP contribution is 2.07. The Bertz CT molecular complexity index is 797. The Kier molecular flexibility index (Phi) is 7.49. The Morgan fingerprint density at radius 2 is 1.90 bits per heavy atom. The van der Waals surface area contributed by atoms with Crippen LogP contribution in [0, 0.1) is 0 Å². The Morgan fingerprint density at radius 1 is 1.17 bits per heavy atom. The van der Waals surface area contributed by atoms with Crippen LogP contribution >= 0.6 is 0 Å². The van der Waals surface area contributed by atoms with Crippen molar-refractivity contribution < 1.29 is 9.53 Å². The van der Waals surface area contributed by atoms with Crippen LogP contribution in [-0.4, -0.2) is 77.8 Å². The molecular formula is C21H30N6O2. The first-order valence-corrected chi connectivity index (χ1v) is 10.1. The molecule has 0 radical (unpaired) electrons. The molecule has 1 aromatic heterocycles. The smallest absolute Gasteiger partial charge is 0.409 e. The molecule has 1 aliphatic heterocycles. The Balaban J connectivity index is 1.47. The summed E-state index contributed by atoms with van der Waals surface area (Å²) in [5.41, 5.74) is 1.26. The van der Waals surface area contributed by atoms with E-state index in [4.69, 9.17) is 4.74 Å². The van der Waals surface area contributed by atoms with Crippen LogP contribution in [-0.2, 0) is 17.7 Å². The van der Waals surface area contributed by atoms with Gasteiger partial charge in [0.1, 0.15) is 5.82 Å². The van der Waals surface area contributed by atoms with Crippen LogP contribution in [0.25, 0.3) is 0 Å². The normalized spacial score (nSPS) is 14.8. The second-order valence-electron chi connectivity index (χ2n) is 6.85. The molecule has 1 amide bonds. The number of guanidine groups is 1. The van der Waals surface area contributed by atoms with Crippen molar-refractivity contribution >= 4 is 12.1 Å². The second-order valence-corrected chi connectivity index (χ2v) is 6.85. The second kappa shape index (κ2) is 10.5. The van der Waals surface area contributed by atoms with Crippen molar-refractivity contribution in [2.45, 2.75) is 19.9 Å². The zero-order chi connectivity index (χ0) is 20.5. The van der Waals surface area contributed by atoms with E-state index in [0.29, 0.717) is 19.7 Å². The van der Waals surface area contributed by atoms with Crippen molar-refractivity contribution in [3.8, 4) is 0 Å². The molecule has 0 aliphatic carbocycles. The van der Waals surface area contributed by atoms with E-state index >= 15 is 0 Å². The molecular weight excluding hydrogens is 368 g/mol. The van der Waals surface area contributed by atoms with Gasteiger partial charge in [0, 0.05) is 65.1 Å². The van der Waals surface area contributed by atoms with Gasteiger partial charge in [-0.15, -0.1) is 0 Å². The molecule has 8 heteroatoms. The van der Waals surface area contributed by atoms with E-state index in [1.807, 2.05) is 25.4 Å². The van der Waals surface area contributed by atoms with E-state index < -0.39 is 0 Å². The molecule has 0 saturated carbocycles. The topological polar surface area (TPSA) is 75.0 Å². The fraction of sp³-hybridized carbons (Fsp3) is 0.476. The summed E-state index contributed by atoms with van der Waals surface area (Å²) in [5.74, 6) is 1.90. The summed E-state index contributed by atoms with van der Waals surface area (Å²) in [6.07, 6.45) is 4.44. The van der Waals surface area contributed by atoms with Crippen molar-refractivity contribution in [2.75, 3.05) is 46.4 Å². The number of ether oxygens (including phenoxy) is 1. The standard InChI is InChI=1S/C21H30N6O2/c1-3-29-21(28)26-15-13-25(14-16-26)20(22-2)24-10-9-19-23-11-12-27(19)17-18-7-5-4-6-8-18/h4-8,11-12H,3,9-10,13-17H2,1-2H3,(H,22,24). The number of aromatic nitrogens is 2. The predicted molar refractivity (Wildman–Crippen MR) is 113 cm³/mol. The van der Waals surface area contributed by atoms with Crippen molar-refractivity contribution in [3.05, 3.63) is 54.1 Å². The van der Waals surface area contributed by atoms with Gasteiger partial charge in [-0.25, -0.2) is 9.78 Å². The number of rotatable bonds is 6. The Labute approximate surface area is 172 Å². The minimum absolute atomic E-state index is 0.236. The lowest BCUT2D eigenvalue weighted by Gasteiger charge is -2.35. The number of nitrogens with zero attached hydrogens (tertiary/aromatic N) is 5. The van der Waals surface area contributed by atoms with Crippen LogP contribution in [0.4, 0.5) is 4.79 Å². The molecule has 156 valence electrons. The number of carbonyl (C=O) groups excluding carboxylic acids is 1. The summed E-state index contributed by atoms with van der Waals surface area (Å²) in [6, 6.07) is 10.4. The first kappa shape index (κ1) is 20.7. The molecule has 1 fully saturated rings. The maximum absolute atomic E-state index is 11.8. The maximum Gasteiger partial charge on any atom is 0.409 e. The number of hydrogen-bond donors (Lipinski definition) is 1. The fourth-order valence-corrected chi connectivity index (χ4v) is 3.43. The fourth-order valence-electron chi connectivity index (χ4n) is 3.43. The van der Waals surface area contributed by atoms with Gasteiger partial charge in [0.15, 0.2) is 5.96 Å². The summed E-state index contributed by atoms with van der Waals surface area (Å²) in [7, 11) is 1.79. The van der Waals surface area contributed by atoms with Gasteiger partial charge in [0.25, 0.3) is 0 Å². The molecule has 1 saturated heterocycles. The van der Waals surface area contributed by atoms with Crippen molar-refractivity contribution in [1.82, 2.24) is 24.7 Å². The van der Waals surface area contributed by atoms with E-state index in [0.717, 1.165) is 44.4 Å². The summed E-state index contributed by atoms with van der Waals surface area (Å²) in [6.45, 7) is 6.55. The Hall–Kier alpha value is -3.03. The van der Waals surface area contributed by atoms with Gasteiger partial charge < -0.3 is 24.4 Å². The molecule has 1 N–H and O–H groups in total. The van der Waals surface area contributed by atoms with Gasteiger partial charge in [-0.3, -0.25) is 4.99 Å². The average Bonchev–Trinajstić information content (AvgIpc) is 3.19. The zero-order valence-corrected chi connectivity index (χ0v) is 17.3. The molecule has 2 aromatic rings. The molecule has 29 heavy (non-hydrogen) atoms. The van der Waals surface area contributed by atoms with Gasteiger partial charge in [-0.2, -0.15) is 0 Å². The van der Waals surface area contributed by atoms with E-state index in [9.17, 15) is 4.79 Å². The lowest BCUT2D eigenvalue weighted by Crippen LogP contribution is -2.54. The number of carbonyl (C=O) groups is 1. The number of aliphatic imine (C=N–C) groups is 1. The third-order valence-electron chi connectivity index (χ3n) is 4.95. The van der Waals surface area contributed by atoms with Crippen LogP contribution in [0.3, 0.4) is 0 Å². The lowest BCUT2D eigenvalue weighted by molar-refractivity contribution is 0.0914. The maximum atomic E-state index is 11.8. The van der Waals surface area contributed by atoms with Crippen LogP contribution in [0.5, 0.6) is 0 Å². The highest BCUT2D eigenvalue weighted by Gasteiger charge is 2.23. The van der Waals surface area contributed by atoms with Crippen LogP contribution in [0.1, 0.15) is 18.3 Å². The zero-order valence-electron chi connectivity index (χ0n) is 17.3. The van der Waals surface area contributed by atoms with E-state index in [2.05, 4.69) is 49.0 Å². The predicted octanol–water partition coefficient (Wildman–Crippen LogP) is 1.82. The first-order valence-electron chi connectivity index (χ1n) is 10.1. The first-order chi connectivity index (χ1) is 14.2. The number of benzene rings is 1. The quantitative estimate of drug-likeness (QED) is 0.594. The average molecular weight is 399 g/mol.